The Labute approximate surface area is 160 Å². The number of carboxylic acid groups (broad SMARTS) is 1. The number of carboxylic acids is 1. The van der Waals surface area contributed by atoms with Crippen LogP contribution in [0.25, 0.3) is 0 Å². The molecule has 1 saturated carbocycles. The van der Waals surface area contributed by atoms with E-state index < -0.39 is 11.4 Å². The standard InChI is InChI=1S/C21H29N3O3/c25-19(14-23-13-17-5-4-9-21(17,15-23)20(26)27)22-11-16-8-10-24(12-16)18-6-2-1-3-7-18/h1-3,6-7,16-17H,4-5,8-15H2,(H,22,25)(H,26,27)/t16?,17-,21+/m0/s1. The van der Waals surface area contributed by atoms with E-state index in [4.69, 9.17) is 0 Å². The number of carbonyl (C=O) groups is 2. The van der Waals surface area contributed by atoms with E-state index in [2.05, 4.69) is 34.5 Å². The minimum absolute atomic E-state index is 0.0219. The van der Waals surface area contributed by atoms with Crippen molar-refractivity contribution >= 4 is 17.6 Å². The van der Waals surface area contributed by atoms with Gasteiger partial charge in [0.25, 0.3) is 0 Å². The Bertz CT molecular complexity index is 695. The molecule has 0 radical (unpaired) electrons. The first kappa shape index (κ1) is 18.3. The predicted molar refractivity (Wildman–Crippen MR) is 104 cm³/mol. The summed E-state index contributed by atoms with van der Waals surface area (Å²) in [6.45, 7) is 4.28. The summed E-state index contributed by atoms with van der Waals surface area (Å²) >= 11 is 0. The van der Waals surface area contributed by atoms with Crippen molar-refractivity contribution < 1.29 is 14.7 Å². The molecule has 1 aromatic carbocycles. The highest BCUT2D eigenvalue weighted by atomic mass is 16.4. The van der Waals surface area contributed by atoms with Crippen molar-refractivity contribution in [3.63, 3.8) is 0 Å². The molecule has 1 aromatic rings. The molecular formula is C21H29N3O3. The fraction of sp³-hybridized carbons (Fsp3) is 0.619. The van der Waals surface area contributed by atoms with E-state index in [1.165, 1.54) is 5.69 Å². The summed E-state index contributed by atoms with van der Waals surface area (Å²) in [7, 11) is 0. The number of rotatable bonds is 6. The van der Waals surface area contributed by atoms with Gasteiger partial charge in [0.2, 0.25) is 5.91 Å². The van der Waals surface area contributed by atoms with Crippen molar-refractivity contribution in [3.8, 4) is 0 Å². The molecule has 2 N–H and O–H groups in total. The number of benzene rings is 1. The maximum Gasteiger partial charge on any atom is 0.311 e. The second kappa shape index (κ2) is 7.50. The summed E-state index contributed by atoms with van der Waals surface area (Å²) in [5, 5.41) is 12.7. The van der Waals surface area contributed by atoms with Crippen LogP contribution in [0, 0.1) is 17.3 Å². The van der Waals surface area contributed by atoms with Gasteiger partial charge in [-0.2, -0.15) is 0 Å². The monoisotopic (exact) mass is 371 g/mol. The van der Waals surface area contributed by atoms with Gasteiger partial charge in [-0.05, 0) is 43.2 Å². The summed E-state index contributed by atoms with van der Waals surface area (Å²) in [4.78, 5) is 28.5. The third kappa shape index (κ3) is 3.68. The smallest absolute Gasteiger partial charge is 0.311 e. The molecule has 1 amide bonds. The minimum atomic E-state index is -0.681. The van der Waals surface area contributed by atoms with Crippen LogP contribution in [0.3, 0.4) is 0 Å². The lowest BCUT2D eigenvalue weighted by atomic mass is 9.81. The second-order valence-electron chi connectivity index (χ2n) is 8.46. The number of amides is 1. The van der Waals surface area contributed by atoms with Crippen molar-refractivity contribution in [2.24, 2.45) is 17.3 Å². The molecule has 2 saturated heterocycles. The minimum Gasteiger partial charge on any atom is -0.481 e. The fourth-order valence-corrected chi connectivity index (χ4v) is 5.25. The van der Waals surface area contributed by atoms with E-state index >= 15 is 0 Å². The van der Waals surface area contributed by atoms with Crippen LogP contribution in [0.5, 0.6) is 0 Å². The van der Waals surface area contributed by atoms with Crippen LogP contribution in [0.4, 0.5) is 5.69 Å². The summed E-state index contributed by atoms with van der Waals surface area (Å²) in [6.07, 6.45) is 3.81. The van der Waals surface area contributed by atoms with Crippen molar-refractivity contribution in [1.29, 1.82) is 0 Å². The van der Waals surface area contributed by atoms with Gasteiger partial charge in [-0.3, -0.25) is 14.5 Å². The maximum atomic E-state index is 12.4. The first-order chi connectivity index (χ1) is 13.1. The zero-order valence-electron chi connectivity index (χ0n) is 15.8. The molecule has 0 aromatic heterocycles. The molecule has 27 heavy (non-hydrogen) atoms. The molecule has 1 unspecified atom stereocenters. The van der Waals surface area contributed by atoms with Gasteiger partial charge in [-0.25, -0.2) is 0 Å². The number of nitrogens with zero attached hydrogens (tertiary/aromatic N) is 2. The Kier molecular flexibility index (Phi) is 5.08. The number of para-hydroxylation sites is 1. The molecule has 6 heteroatoms. The van der Waals surface area contributed by atoms with Crippen LogP contribution in [0.2, 0.25) is 0 Å². The van der Waals surface area contributed by atoms with Crippen LogP contribution in [-0.4, -0.2) is 61.2 Å². The molecule has 3 atom stereocenters. The van der Waals surface area contributed by atoms with E-state index in [0.29, 0.717) is 25.6 Å². The Hall–Kier alpha value is -2.08. The molecule has 146 valence electrons. The Morgan fingerprint density at radius 1 is 1.19 bits per heavy atom. The van der Waals surface area contributed by atoms with Gasteiger partial charge >= 0.3 is 5.97 Å². The summed E-state index contributed by atoms with van der Waals surface area (Å²) in [6, 6.07) is 10.4. The van der Waals surface area contributed by atoms with Gasteiger partial charge in [0.15, 0.2) is 0 Å². The number of anilines is 1. The third-order valence-corrected chi connectivity index (χ3v) is 6.73. The highest BCUT2D eigenvalue weighted by Gasteiger charge is 2.54. The largest absolute Gasteiger partial charge is 0.481 e. The Balaban J connectivity index is 1.23. The molecule has 3 aliphatic rings. The number of carbonyl (C=O) groups excluding carboxylic acids is 1. The van der Waals surface area contributed by atoms with Crippen LogP contribution in [0.15, 0.2) is 30.3 Å². The lowest BCUT2D eigenvalue weighted by molar-refractivity contribution is -0.149. The molecule has 2 aliphatic heterocycles. The number of fused-ring (bicyclic) bond motifs is 1. The molecule has 0 bridgehead atoms. The van der Waals surface area contributed by atoms with Crippen molar-refractivity contribution in [3.05, 3.63) is 30.3 Å². The van der Waals surface area contributed by atoms with Crippen LogP contribution >= 0.6 is 0 Å². The van der Waals surface area contributed by atoms with E-state index in [0.717, 1.165) is 45.3 Å². The predicted octanol–water partition coefficient (Wildman–Crippen LogP) is 1.82. The van der Waals surface area contributed by atoms with Gasteiger partial charge in [-0.1, -0.05) is 24.6 Å². The topological polar surface area (TPSA) is 72.9 Å². The van der Waals surface area contributed by atoms with E-state index in [1.54, 1.807) is 0 Å². The van der Waals surface area contributed by atoms with Gasteiger partial charge in [0.1, 0.15) is 0 Å². The van der Waals surface area contributed by atoms with E-state index in [9.17, 15) is 14.7 Å². The number of likely N-dealkylation sites (tertiary alicyclic amines) is 1. The summed E-state index contributed by atoms with van der Waals surface area (Å²) in [5.74, 6) is 0.0167. The Morgan fingerprint density at radius 3 is 2.74 bits per heavy atom. The zero-order chi connectivity index (χ0) is 18.9. The van der Waals surface area contributed by atoms with Gasteiger partial charge in [0.05, 0.1) is 12.0 Å². The van der Waals surface area contributed by atoms with Crippen molar-refractivity contribution in [2.45, 2.75) is 25.7 Å². The molecular weight excluding hydrogens is 342 g/mol. The van der Waals surface area contributed by atoms with Crippen LogP contribution in [-0.2, 0) is 9.59 Å². The molecule has 0 spiro atoms. The maximum absolute atomic E-state index is 12.4. The normalized spacial score (nSPS) is 30.4. The van der Waals surface area contributed by atoms with Crippen LogP contribution < -0.4 is 10.2 Å². The highest BCUT2D eigenvalue weighted by molar-refractivity contribution is 5.79. The molecule has 2 heterocycles. The average Bonchev–Trinajstić information content (AvgIpc) is 3.35. The van der Waals surface area contributed by atoms with Gasteiger partial charge in [-0.15, -0.1) is 0 Å². The highest BCUT2D eigenvalue weighted by Crippen LogP contribution is 2.48. The van der Waals surface area contributed by atoms with Crippen LogP contribution in [0.1, 0.15) is 25.7 Å². The van der Waals surface area contributed by atoms with E-state index in [-0.39, 0.29) is 11.8 Å². The SMILES string of the molecule is O=C(CN1C[C@@H]2CCC[C@@]2(C(=O)O)C1)NCC1CCN(c2ccccc2)C1. The number of nitrogens with one attached hydrogen (secondary N) is 1. The van der Waals surface area contributed by atoms with Gasteiger partial charge in [0, 0.05) is 38.4 Å². The molecule has 6 nitrogen and oxygen atoms in total. The quantitative estimate of drug-likeness (QED) is 0.798. The van der Waals surface area contributed by atoms with Crippen molar-refractivity contribution in [1.82, 2.24) is 10.2 Å². The molecule has 3 fully saturated rings. The molecule has 1 aliphatic carbocycles. The summed E-state index contributed by atoms with van der Waals surface area (Å²) in [5.41, 5.74) is 0.635. The lowest BCUT2D eigenvalue weighted by Crippen LogP contribution is -2.40. The molecule has 4 rings (SSSR count). The average molecular weight is 371 g/mol. The number of aliphatic carboxylic acids is 1. The first-order valence-electron chi connectivity index (χ1n) is 10.1. The van der Waals surface area contributed by atoms with Gasteiger partial charge < -0.3 is 15.3 Å². The lowest BCUT2D eigenvalue weighted by Gasteiger charge is -2.23. The second-order valence-corrected chi connectivity index (χ2v) is 8.46. The zero-order valence-corrected chi connectivity index (χ0v) is 15.8. The van der Waals surface area contributed by atoms with Crippen molar-refractivity contribution in [2.75, 3.05) is 44.2 Å². The fourth-order valence-electron chi connectivity index (χ4n) is 5.25. The number of hydrogen-bond acceptors (Lipinski definition) is 4. The first-order valence-corrected chi connectivity index (χ1v) is 10.1. The van der Waals surface area contributed by atoms with E-state index in [1.807, 2.05) is 11.0 Å². The number of hydrogen-bond donors (Lipinski definition) is 2. The summed E-state index contributed by atoms with van der Waals surface area (Å²) < 4.78 is 0. The third-order valence-electron chi connectivity index (χ3n) is 6.73. The Morgan fingerprint density at radius 2 is 2.00 bits per heavy atom.